The molecule has 0 unspecified atom stereocenters. The molecular formula is C11H13FN2O2. The fraction of sp³-hybridized carbons (Fsp3) is 0.364. The number of halogens is 1. The van der Waals surface area contributed by atoms with Crippen molar-refractivity contribution in [3.8, 4) is 0 Å². The molecule has 1 saturated carbocycles. The lowest BCUT2D eigenvalue weighted by atomic mass is 10.1. The van der Waals surface area contributed by atoms with Crippen LogP contribution >= 0.6 is 0 Å². The van der Waals surface area contributed by atoms with E-state index >= 15 is 0 Å². The summed E-state index contributed by atoms with van der Waals surface area (Å²) in [6.45, 7) is 1.96. The highest BCUT2D eigenvalue weighted by Gasteiger charge is 2.37. The standard InChI is InChI=1S/C11H13FN2O2/c1-11(2-3-11)14-9-4-6(10(15)16)8(13)5-7(9)12/h4-5,14H,2-3,13H2,1H3,(H,15,16). The van der Waals surface area contributed by atoms with Crippen LogP contribution in [0.5, 0.6) is 0 Å². The predicted molar refractivity (Wildman–Crippen MR) is 59.0 cm³/mol. The minimum Gasteiger partial charge on any atom is -0.478 e. The fourth-order valence-corrected chi connectivity index (χ4v) is 1.51. The zero-order valence-electron chi connectivity index (χ0n) is 8.88. The molecule has 0 bridgehead atoms. The normalized spacial score (nSPS) is 16.9. The number of carboxylic acid groups (broad SMARTS) is 1. The first-order chi connectivity index (χ1) is 7.41. The van der Waals surface area contributed by atoms with Crippen molar-refractivity contribution in [3.05, 3.63) is 23.5 Å². The van der Waals surface area contributed by atoms with Gasteiger partial charge in [0.25, 0.3) is 0 Å². The van der Waals surface area contributed by atoms with Crippen molar-refractivity contribution in [1.29, 1.82) is 0 Å². The van der Waals surface area contributed by atoms with Gasteiger partial charge in [-0.05, 0) is 31.9 Å². The lowest BCUT2D eigenvalue weighted by Gasteiger charge is -2.15. The van der Waals surface area contributed by atoms with Crippen LogP contribution in [0, 0.1) is 5.82 Å². The van der Waals surface area contributed by atoms with Crippen LogP contribution < -0.4 is 11.1 Å². The highest BCUT2D eigenvalue weighted by molar-refractivity contribution is 5.95. The maximum atomic E-state index is 13.5. The van der Waals surface area contributed by atoms with E-state index in [1.807, 2.05) is 6.92 Å². The zero-order chi connectivity index (χ0) is 11.9. The average Bonchev–Trinajstić information content (AvgIpc) is 2.88. The van der Waals surface area contributed by atoms with Crippen LogP contribution in [0.3, 0.4) is 0 Å². The lowest BCUT2D eigenvalue weighted by molar-refractivity contribution is 0.0698. The summed E-state index contributed by atoms with van der Waals surface area (Å²) in [4.78, 5) is 10.8. The lowest BCUT2D eigenvalue weighted by Crippen LogP contribution is -2.18. The molecule has 2 rings (SSSR count). The van der Waals surface area contributed by atoms with Gasteiger partial charge in [-0.3, -0.25) is 0 Å². The van der Waals surface area contributed by atoms with Crippen molar-refractivity contribution in [2.75, 3.05) is 11.1 Å². The Balaban J connectivity index is 2.37. The average molecular weight is 224 g/mol. The number of carbonyl (C=O) groups is 1. The van der Waals surface area contributed by atoms with Crippen molar-refractivity contribution in [2.24, 2.45) is 0 Å². The van der Waals surface area contributed by atoms with E-state index in [0.29, 0.717) is 0 Å². The van der Waals surface area contributed by atoms with Gasteiger partial charge in [-0.25, -0.2) is 9.18 Å². The van der Waals surface area contributed by atoms with Crippen LogP contribution in [-0.4, -0.2) is 16.6 Å². The molecular weight excluding hydrogens is 211 g/mol. The van der Waals surface area contributed by atoms with E-state index in [-0.39, 0.29) is 22.5 Å². The molecule has 4 nitrogen and oxygen atoms in total. The molecule has 0 aromatic heterocycles. The van der Waals surface area contributed by atoms with E-state index in [9.17, 15) is 9.18 Å². The van der Waals surface area contributed by atoms with Gasteiger partial charge < -0.3 is 16.2 Å². The number of nitrogen functional groups attached to an aromatic ring is 1. The molecule has 4 N–H and O–H groups in total. The van der Waals surface area contributed by atoms with Gasteiger partial charge in [0, 0.05) is 11.2 Å². The summed E-state index contributed by atoms with van der Waals surface area (Å²) in [6, 6.07) is 2.29. The molecule has 1 aromatic carbocycles. The summed E-state index contributed by atoms with van der Waals surface area (Å²) in [6.07, 6.45) is 1.92. The largest absolute Gasteiger partial charge is 0.478 e. The number of hydrogen-bond donors (Lipinski definition) is 3. The van der Waals surface area contributed by atoms with Gasteiger partial charge in [0.1, 0.15) is 5.82 Å². The smallest absolute Gasteiger partial charge is 0.337 e. The van der Waals surface area contributed by atoms with E-state index in [1.165, 1.54) is 6.07 Å². The minimum atomic E-state index is -1.15. The number of anilines is 2. The van der Waals surface area contributed by atoms with Crippen molar-refractivity contribution in [1.82, 2.24) is 0 Å². The Morgan fingerprint density at radius 2 is 2.19 bits per heavy atom. The first-order valence-corrected chi connectivity index (χ1v) is 5.02. The molecule has 0 saturated heterocycles. The van der Waals surface area contributed by atoms with Gasteiger partial charge in [0.15, 0.2) is 0 Å². The Kier molecular flexibility index (Phi) is 2.26. The highest BCUT2D eigenvalue weighted by atomic mass is 19.1. The van der Waals surface area contributed by atoms with Crippen LogP contribution in [0.1, 0.15) is 30.1 Å². The molecule has 0 radical (unpaired) electrons. The van der Waals surface area contributed by atoms with E-state index in [2.05, 4.69) is 5.32 Å². The molecule has 1 aliphatic rings. The molecule has 0 spiro atoms. The topological polar surface area (TPSA) is 75.3 Å². The number of nitrogens with two attached hydrogens (primary N) is 1. The fourth-order valence-electron chi connectivity index (χ4n) is 1.51. The molecule has 5 heteroatoms. The van der Waals surface area contributed by atoms with Crippen LogP contribution in [-0.2, 0) is 0 Å². The maximum absolute atomic E-state index is 13.5. The monoisotopic (exact) mass is 224 g/mol. The van der Waals surface area contributed by atoms with Gasteiger partial charge in [0.2, 0.25) is 0 Å². The van der Waals surface area contributed by atoms with Crippen molar-refractivity contribution in [3.63, 3.8) is 0 Å². The minimum absolute atomic E-state index is 0.0588. The molecule has 86 valence electrons. The van der Waals surface area contributed by atoms with Gasteiger partial charge >= 0.3 is 5.97 Å². The van der Waals surface area contributed by atoms with E-state index in [0.717, 1.165) is 18.9 Å². The third-order valence-electron chi connectivity index (χ3n) is 2.81. The number of hydrogen-bond acceptors (Lipinski definition) is 3. The molecule has 16 heavy (non-hydrogen) atoms. The second-order valence-electron chi connectivity index (χ2n) is 4.41. The molecule has 0 aliphatic heterocycles. The summed E-state index contributed by atoms with van der Waals surface area (Å²) in [5.74, 6) is -1.67. The molecule has 0 amide bonds. The van der Waals surface area contributed by atoms with Gasteiger partial charge in [0.05, 0.1) is 11.3 Å². The SMILES string of the molecule is CC1(Nc2cc(C(=O)O)c(N)cc2F)CC1. The quantitative estimate of drug-likeness (QED) is 0.687. The van der Waals surface area contributed by atoms with E-state index in [4.69, 9.17) is 10.8 Å². The number of carboxylic acids is 1. The maximum Gasteiger partial charge on any atom is 0.337 e. The number of benzene rings is 1. The first-order valence-electron chi connectivity index (χ1n) is 5.02. The summed E-state index contributed by atoms with van der Waals surface area (Å²) in [5, 5.41) is 11.9. The molecule has 1 aliphatic carbocycles. The third kappa shape index (κ3) is 1.93. The van der Waals surface area contributed by atoms with E-state index in [1.54, 1.807) is 0 Å². The van der Waals surface area contributed by atoms with E-state index < -0.39 is 11.8 Å². The van der Waals surface area contributed by atoms with Crippen molar-refractivity contribution in [2.45, 2.75) is 25.3 Å². The van der Waals surface area contributed by atoms with Crippen molar-refractivity contribution < 1.29 is 14.3 Å². The summed E-state index contributed by atoms with van der Waals surface area (Å²) >= 11 is 0. The number of nitrogens with one attached hydrogen (secondary N) is 1. The summed E-state index contributed by atoms with van der Waals surface area (Å²) in [5.41, 5.74) is 5.38. The van der Waals surface area contributed by atoms with Crippen molar-refractivity contribution >= 4 is 17.3 Å². The summed E-state index contributed by atoms with van der Waals surface area (Å²) in [7, 11) is 0. The molecule has 0 heterocycles. The predicted octanol–water partition coefficient (Wildman–Crippen LogP) is 2.07. The second kappa shape index (κ2) is 3.37. The summed E-state index contributed by atoms with van der Waals surface area (Å²) < 4.78 is 13.5. The Morgan fingerprint density at radius 3 is 2.69 bits per heavy atom. The highest BCUT2D eigenvalue weighted by Crippen LogP contribution is 2.39. The van der Waals surface area contributed by atoms with Crippen LogP contribution in [0.4, 0.5) is 15.8 Å². The molecule has 0 atom stereocenters. The van der Waals surface area contributed by atoms with Crippen LogP contribution in [0.15, 0.2) is 12.1 Å². The Bertz CT molecular complexity index is 456. The van der Waals surface area contributed by atoms with Gasteiger partial charge in [-0.1, -0.05) is 0 Å². The molecule has 1 fully saturated rings. The zero-order valence-corrected chi connectivity index (χ0v) is 8.88. The molecule has 1 aromatic rings. The third-order valence-corrected chi connectivity index (χ3v) is 2.81. The Labute approximate surface area is 92.3 Å². The Morgan fingerprint density at radius 1 is 1.56 bits per heavy atom. The first kappa shape index (κ1) is 10.7. The second-order valence-corrected chi connectivity index (χ2v) is 4.41. The number of aromatic carboxylic acids is 1. The van der Waals surface area contributed by atoms with Crippen LogP contribution in [0.25, 0.3) is 0 Å². The Hall–Kier alpha value is -1.78. The van der Waals surface area contributed by atoms with Gasteiger partial charge in [-0.2, -0.15) is 0 Å². The van der Waals surface area contributed by atoms with Gasteiger partial charge in [-0.15, -0.1) is 0 Å². The number of rotatable bonds is 3. The van der Waals surface area contributed by atoms with Crippen LogP contribution in [0.2, 0.25) is 0 Å².